The molecule has 0 radical (unpaired) electrons. The van der Waals surface area contributed by atoms with Gasteiger partial charge >= 0.3 is 6.18 Å². The highest BCUT2D eigenvalue weighted by Gasteiger charge is 2.32. The van der Waals surface area contributed by atoms with Gasteiger partial charge in [0.25, 0.3) is 11.5 Å². The lowest BCUT2D eigenvalue weighted by molar-refractivity contribution is -0.142. The molecule has 0 bridgehead atoms. The third kappa shape index (κ3) is 3.36. The van der Waals surface area contributed by atoms with Crippen LogP contribution in [-0.4, -0.2) is 36.8 Å². The van der Waals surface area contributed by atoms with Gasteiger partial charge in [0.2, 0.25) is 0 Å². The number of hydrogen-bond acceptors (Lipinski definition) is 4. The van der Waals surface area contributed by atoms with Crippen LogP contribution in [0.3, 0.4) is 0 Å². The van der Waals surface area contributed by atoms with Gasteiger partial charge in [-0.15, -0.1) is 0 Å². The number of aromatic nitrogens is 1. The number of H-pyrrole nitrogens is 1. The monoisotopic (exact) mass is 292 g/mol. The first kappa shape index (κ1) is 14.5. The maximum atomic E-state index is 12.5. The Morgan fingerprint density at radius 3 is 2.75 bits per heavy atom. The van der Waals surface area contributed by atoms with Crippen LogP contribution in [0.4, 0.5) is 18.9 Å². The summed E-state index contributed by atoms with van der Waals surface area (Å²) in [5, 5.41) is 2.10. The summed E-state index contributed by atoms with van der Waals surface area (Å²) in [5.74, 6) is -0.727. The Balaban J connectivity index is 2.16. The Labute approximate surface area is 110 Å². The molecule has 6 nitrogen and oxygen atoms in total. The zero-order chi connectivity index (χ0) is 14.8. The van der Waals surface area contributed by atoms with Crippen LogP contribution in [0.5, 0.6) is 0 Å². The lowest BCUT2D eigenvalue weighted by Gasteiger charge is -2.21. The number of carbonyl (C=O) groups is 1. The number of alkyl halides is 3. The highest BCUT2D eigenvalue weighted by atomic mass is 19.4. The number of anilines is 1. The number of hydrogen-bond donors (Lipinski definition) is 2. The lowest BCUT2D eigenvalue weighted by Crippen LogP contribution is -2.40. The highest BCUT2D eigenvalue weighted by Crippen LogP contribution is 2.29. The van der Waals surface area contributed by atoms with Crippen molar-refractivity contribution in [2.75, 3.05) is 25.1 Å². The van der Waals surface area contributed by atoms with Crippen LogP contribution >= 0.6 is 0 Å². The molecule has 0 unspecified atom stereocenters. The zero-order valence-corrected chi connectivity index (χ0v) is 10.1. The van der Waals surface area contributed by atoms with E-state index < -0.39 is 35.0 Å². The van der Waals surface area contributed by atoms with Crippen LogP contribution in [0.15, 0.2) is 17.1 Å². The molecule has 1 aromatic rings. The summed E-state index contributed by atoms with van der Waals surface area (Å²) in [6, 6.07) is 0.570. The van der Waals surface area contributed by atoms with Crippen LogP contribution in [0.2, 0.25) is 0 Å². The first-order valence-corrected chi connectivity index (χ1v) is 5.68. The molecule has 1 saturated heterocycles. The quantitative estimate of drug-likeness (QED) is 0.843. The van der Waals surface area contributed by atoms with Gasteiger partial charge in [-0.2, -0.15) is 13.2 Å². The number of aromatic amines is 1. The van der Waals surface area contributed by atoms with Gasteiger partial charge in [-0.1, -0.05) is 0 Å². The fourth-order valence-corrected chi connectivity index (χ4v) is 1.59. The van der Waals surface area contributed by atoms with E-state index in [0.29, 0.717) is 18.9 Å². The van der Waals surface area contributed by atoms with Gasteiger partial charge < -0.3 is 19.8 Å². The summed E-state index contributed by atoms with van der Waals surface area (Å²) in [4.78, 5) is 25.1. The van der Waals surface area contributed by atoms with Gasteiger partial charge in [0, 0.05) is 6.20 Å². The minimum atomic E-state index is -4.62. The number of ether oxygens (including phenoxy) is 2. The van der Waals surface area contributed by atoms with Crippen LogP contribution in [0.1, 0.15) is 5.56 Å². The van der Waals surface area contributed by atoms with Crippen LogP contribution in [-0.2, 0) is 20.4 Å². The van der Waals surface area contributed by atoms with E-state index in [9.17, 15) is 22.8 Å². The van der Waals surface area contributed by atoms with Crippen molar-refractivity contribution < 1.29 is 27.4 Å². The molecule has 0 aromatic carbocycles. The summed E-state index contributed by atoms with van der Waals surface area (Å²) in [7, 11) is 0. The largest absolute Gasteiger partial charge is 0.417 e. The van der Waals surface area contributed by atoms with Crippen molar-refractivity contribution in [2.45, 2.75) is 12.3 Å². The van der Waals surface area contributed by atoms with Crippen molar-refractivity contribution in [2.24, 2.45) is 0 Å². The minimum Gasteiger partial charge on any atom is -0.376 e. The Bertz CT molecular complexity index is 549. The number of amides is 1. The summed E-state index contributed by atoms with van der Waals surface area (Å²) < 4.78 is 47.6. The third-order valence-electron chi connectivity index (χ3n) is 2.60. The molecule has 1 aliphatic rings. The SMILES string of the molecule is O=C(Nc1cc(C(F)(F)F)c[nH]c1=O)[C@H]1COCCO1. The smallest absolute Gasteiger partial charge is 0.376 e. The van der Waals surface area contributed by atoms with Gasteiger partial charge in [-0.05, 0) is 6.07 Å². The molecule has 2 N–H and O–H groups in total. The zero-order valence-electron chi connectivity index (χ0n) is 10.1. The predicted molar refractivity (Wildman–Crippen MR) is 61.3 cm³/mol. The fraction of sp³-hybridized carbons (Fsp3) is 0.455. The Morgan fingerprint density at radius 2 is 2.15 bits per heavy atom. The molecule has 20 heavy (non-hydrogen) atoms. The van der Waals surface area contributed by atoms with Crippen molar-refractivity contribution in [3.63, 3.8) is 0 Å². The third-order valence-corrected chi connectivity index (χ3v) is 2.60. The lowest BCUT2D eigenvalue weighted by atomic mass is 10.2. The number of halogens is 3. The molecule has 2 rings (SSSR count). The molecule has 1 aliphatic heterocycles. The van der Waals surface area contributed by atoms with Gasteiger partial charge in [0.15, 0.2) is 6.10 Å². The first-order valence-electron chi connectivity index (χ1n) is 5.68. The molecule has 1 aromatic heterocycles. The molecule has 1 fully saturated rings. The molecule has 0 spiro atoms. The summed E-state index contributed by atoms with van der Waals surface area (Å²) >= 11 is 0. The van der Waals surface area contributed by atoms with Crippen molar-refractivity contribution in [3.8, 4) is 0 Å². The number of nitrogens with one attached hydrogen (secondary N) is 2. The standard InChI is InChI=1S/C11H11F3N2O4/c12-11(13,14)6-3-7(9(17)15-4-6)16-10(18)8-5-19-1-2-20-8/h3-4,8H,1-2,5H2,(H,15,17)(H,16,18)/t8-/m1/s1. The maximum absolute atomic E-state index is 12.5. The Hall–Kier alpha value is -1.87. The van der Waals surface area contributed by atoms with Crippen molar-refractivity contribution in [1.29, 1.82) is 0 Å². The van der Waals surface area contributed by atoms with E-state index in [1.54, 1.807) is 0 Å². The number of carbonyl (C=O) groups excluding carboxylic acids is 1. The highest BCUT2D eigenvalue weighted by molar-refractivity contribution is 5.94. The van der Waals surface area contributed by atoms with E-state index in [0.717, 1.165) is 0 Å². The fourth-order valence-electron chi connectivity index (χ4n) is 1.59. The molecule has 0 saturated carbocycles. The first-order chi connectivity index (χ1) is 9.38. The number of pyridine rings is 1. The molecule has 0 aliphatic carbocycles. The van der Waals surface area contributed by atoms with Crippen LogP contribution in [0, 0.1) is 0 Å². The van der Waals surface area contributed by atoms with Gasteiger partial charge in [-0.25, -0.2) is 0 Å². The van der Waals surface area contributed by atoms with Crippen LogP contribution < -0.4 is 10.9 Å². The average Bonchev–Trinajstić information content (AvgIpc) is 2.41. The van der Waals surface area contributed by atoms with Crippen molar-refractivity contribution in [3.05, 3.63) is 28.2 Å². The van der Waals surface area contributed by atoms with Gasteiger partial charge in [0.1, 0.15) is 5.69 Å². The summed E-state index contributed by atoms with van der Waals surface area (Å²) in [5.41, 5.74) is -2.38. The normalized spacial score (nSPS) is 19.6. The second-order valence-electron chi connectivity index (χ2n) is 4.05. The van der Waals surface area contributed by atoms with E-state index in [4.69, 9.17) is 9.47 Å². The molecule has 1 atom stereocenters. The minimum absolute atomic E-state index is 0.0112. The second kappa shape index (κ2) is 5.63. The van der Waals surface area contributed by atoms with E-state index in [1.807, 2.05) is 4.98 Å². The maximum Gasteiger partial charge on any atom is 0.417 e. The van der Waals surface area contributed by atoms with Gasteiger partial charge in [0.05, 0.1) is 25.4 Å². The topological polar surface area (TPSA) is 80.4 Å². The van der Waals surface area contributed by atoms with E-state index >= 15 is 0 Å². The summed E-state index contributed by atoms with van der Waals surface area (Å²) in [6.07, 6.45) is -5.02. The molecule has 2 heterocycles. The molecule has 110 valence electrons. The predicted octanol–water partition coefficient (Wildman–Crippen LogP) is 0.748. The van der Waals surface area contributed by atoms with Crippen molar-refractivity contribution >= 4 is 11.6 Å². The van der Waals surface area contributed by atoms with E-state index in [2.05, 4.69) is 5.32 Å². The van der Waals surface area contributed by atoms with Crippen molar-refractivity contribution in [1.82, 2.24) is 4.98 Å². The second-order valence-corrected chi connectivity index (χ2v) is 4.05. The van der Waals surface area contributed by atoms with Crippen LogP contribution in [0.25, 0.3) is 0 Å². The Morgan fingerprint density at radius 1 is 1.40 bits per heavy atom. The molecular weight excluding hydrogens is 281 g/mol. The summed E-state index contributed by atoms with van der Waals surface area (Å²) in [6.45, 7) is 0.535. The molecule has 9 heteroatoms. The number of rotatable bonds is 2. The average molecular weight is 292 g/mol. The van der Waals surface area contributed by atoms with E-state index in [-0.39, 0.29) is 13.2 Å². The van der Waals surface area contributed by atoms with Gasteiger partial charge in [-0.3, -0.25) is 9.59 Å². The van der Waals surface area contributed by atoms with E-state index in [1.165, 1.54) is 0 Å². The Kier molecular flexibility index (Phi) is 4.09. The molecule has 1 amide bonds. The molecular formula is C11H11F3N2O4.